The summed E-state index contributed by atoms with van der Waals surface area (Å²) in [6.07, 6.45) is 2.23. The SMILES string of the molecule is C=Cc1ccc(C(=NC(C)C(=N)CC(C)=N)C2C(C)=C(C)S[C@H]2C)cc1. The van der Waals surface area contributed by atoms with Gasteiger partial charge in [0.1, 0.15) is 0 Å². The van der Waals surface area contributed by atoms with E-state index in [-0.39, 0.29) is 12.0 Å². The van der Waals surface area contributed by atoms with E-state index in [1.165, 1.54) is 10.5 Å². The molecule has 1 aliphatic rings. The van der Waals surface area contributed by atoms with Crippen LogP contribution in [0.5, 0.6) is 0 Å². The first kappa shape index (κ1) is 20.4. The normalized spacial score (nSPS) is 21.7. The maximum absolute atomic E-state index is 8.28. The average molecular weight is 368 g/mol. The standard InChI is InChI=1S/C22H29N3S/c1-7-18-8-10-19(11-9-18)22(21-14(3)16(5)26-17(21)6)25-15(4)20(24)12-13(2)23/h7-11,15,17,21,23-24H,1,12H2,2-6H3/t15?,17-,21?/m0/s1. The molecule has 2 unspecified atom stereocenters. The number of allylic oxidation sites excluding steroid dienone is 2. The van der Waals surface area contributed by atoms with Gasteiger partial charge in [0.25, 0.3) is 0 Å². The molecular weight excluding hydrogens is 338 g/mol. The van der Waals surface area contributed by atoms with Crippen LogP contribution in [0, 0.1) is 16.7 Å². The van der Waals surface area contributed by atoms with Gasteiger partial charge in [-0.2, -0.15) is 0 Å². The molecule has 0 spiro atoms. The predicted octanol–water partition coefficient (Wildman–Crippen LogP) is 6.00. The Bertz CT molecular complexity index is 771. The molecule has 1 heterocycles. The molecule has 138 valence electrons. The fourth-order valence-electron chi connectivity index (χ4n) is 3.28. The van der Waals surface area contributed by atoms with Crippen molar-refractivity contribution in [1.29, 1.82) is 10.8 Å². The summed E-state index contributed by atoms with van der Waals surface area (Å²) in [5.74, 6) is 0.255. The van der Waals surface area contributed by atoms with Crippen LogP contribution in [0.2, 0.25) is 0 Å². The summed E-state index contributed by atoms with van der Waals surface area (Å²) in [5.41, 5.74) is 5.62. The van der Waals surface area contributed by atoms with Crippen molar-refractivity contribution < 1.29 is 0 Å². The van der Waals surface area contributed by atoms with Crippen LogP contribution in [0.3, 0.4) is 0 Å². The summed E-state index contributed by atoms with van der Waals surface area (Å²) in [5, 5.41) is 16.4. The third-order valence-electron chi connectivity index (χ3n) is 4.88. The van der Waals surface area contributed by atoms with Gasteiger partial charge in [0.05, 0.1) is 11.8 Å². The average Bonchev–Trinajstić information content (AvgIpc) is 2.84. The lowest BCUT2D eigenvalue weighted by atomic mass is 9.87. The second-order valence-corrected chi connectivity index (χ2v) is 8.63. The molecule has 0 saturated heterocycles. The molecule has 0 aromatic heterocycles. The van der Waals surface area contributed by atoms with Gasteiger partial charge in [0.15, 0.2) is 0 Å². The summed E-state index contributed by atoms with van der Waals surface area (Å²) in [6.45, 7) is 14.2. The number of thioether (sulfide) groups is 1. The zero-order chi connectivity index (χ0) is 19.4. The number of rotatable bonds is 7. The van der Waals surface area contributed by atoms with Gasteiger partial charge in [0, 0.05) is 29.0 Å². The maximum atomic E-state index is 8.28. The first-order valence-corrected chi connectivity index (χ1v) is 9.88. The third-order valence-corrected chi connectivity index (χ3v) is 6.20. The Morgan fingerprint density at radius 3 is 2.35 bits per heavy atom. The second-order valence-electron chi connectivity index (χ2n) is 7.04. The van der Waals surface area contributed by atoms with Crippen molar-refractivity contribution in [2.75, 3.05) is 0 Å². The van der Waals surface area contributed by atoms with E-state index < -0.39 is 0 Å². The van der Waals surface area contributed by atoms with E-state index in [0.717, 1.165) is 16.8 Å². The summed E-state index contributed by atoms with van der Waals surface area (Å²) in [6, 6.07) is 8.11. The molecule has 1 aromatic carbocycles. The van der Waals surface area contributed by atoms with Crippen molar-refractivity contribution >= 4 is 35.0 Å². The van der Waals surface area contributed by atoms with Crippen LogP contribution in [-0.4, -0.2) is 28.4 Å². The Hall–Kier alpha value is -1.94. The highest BCUT2D eigenvalue weighted by atomic mass is 32.2. The summed E-state index contributed by atoms with van der Waals surface area (Å²) >= 11 is 1.91. The molecule has 0 amide bonds. The van der Waals surface area contributed by atoms with Gasteiger partial charge < -0.3 is 10.8 Å². The molecule has 2 rings (SSSR count). The van der Waals surface area contributed by atoms with E-state index in [0.29, 0.717) is 23.1 Å². The number of nitrogens with one attached hydrogen (secondary N) is 2. The Kier molecular flexibility index (Phi) is 6.76. The number of benzene rings is 1. The number of aliphatic imine (C=N–C) groups is 1. The van der Waals surface area contributed by atoms with Crippen LogP contribution >= 0.6 is 11.8 Å². The van der Waals surface area contributed by atoms with E-state index in [1.54, 1.807) is 6.92 Å². The minimum atomic E-state index is -0.227. The van der Waals surface area contributed by atoms with E-state index >= 15 is 0 Å². The number of hydrogen-bond acceptors (Lipinski definition) is 4. The van der Waals surface area contributed by atoms with Crippen LogP contribution in [0.15, 0.2) is 46.3 Å². The van der Waals surface area contributed by atoms with Gasteiger partial charge in [-0.1, -0.05) is 49.4 Å². The lowest BCUT2D eigenvalue weighted by Gasteiger charge is -2.22. The van der Waals surface area contributed by atoms with Gasteiger partial charge in [-0.05, 0) is 43.7 Å². The molecule has 0 aliphatic carbocycles. The Balaban J connectivity index is 2.47. The molecule has 1 aromatic rings. The largest absolute Gasteiger partial charge is 0.310 e. The zero-order valence-electron chi connectivity index (χ0n) is 16.4. The molecule has 4 heteroatoms. The highest BCUT2D eigenvalue weighted by molar-refractivity contribution is 8.03. The maximum Gasteiger partial charge on any atom is 0.0852 e. The van der Waals surface area contributed by atoms with Crippen LogP contribution < -0.4 is 0 Å². The molecule has 0 radical (unpaired) electrons. The fourth-order valence-corrected chi connectivity index (χ4v) is 4.62. The minimum Gasteiger partial charge on any atom is -0.310 e. The predicted molar refractivity (Wildman–Crippen MR) is 117 cm³/mol. The molecular formula is C22H29N3S. The first-order valence-electron chi connectivity index (χ1n) is 9.00. The highest BCUT2D eigenvalue weighted by Gasteiger charge is 2.33. The third kappa shape index (κ3) is 4.61. The molecule has 0 bridgehead atoms. The fraction of sp³-hybridized carbons (Fsp3) is 0.409. The summed E-state index contributed by atoms with van der Waals surface area (Å²) in [7, 11) is 0. The van der Waals surface area contributed by atoms with E-state index in [2.05, 4.69) is 51.6 Å². The topological polar surface area (TPSA) is 60.1 Å². The molecule has 0 saturated carbocycles. The molecule has 0 fully saturated rings. The van der Waals surface area contributed by atoms with Crippen molar-refractivity contribution in [2.24, 2.45) is 10.9 Å². The highest BCUT2D eigenvalue weighted by Crippen LogP contribution is 2.43. The molecule has 3 nitrogen and oxygen atoms in total. The van der Waals surface area contributed by atoms with Crippen LogP contribution in [-0.2, 0) is 0 Å². The van der Waals surface area contributed by atoms with Gasteiger partial charge in [-0.15, -0.1) is 11.8 Å². The van der Waals surface area contributed by atoms with Gasteiger partial charge in [-0.3, -0.25) is 4.99 Å². The lowest BCUT2D eigenvalue weighted by molar-refractivity contribution is 0.787. The van der Waals surface area contributed by atoms with Crippen LogP contribution in [0.4, 0.5) is 0 Å². The van der Waals surface area contributed by atoms with Gasteiger partial charge in [-0.25, -0.2) is 0 Å². The molecule has 3 atom stereocenters. The van der Waals surface area contributed by atoms with Crippen molar-refractivity contribution in [3.63, 3.8) is 0 Å². The van der Waals surface area contributed by atoms with Crippen molar-refractivity contribution in [2.45, 2.75) is 52.3 Å². The smallest absolute Gasteiger partial charge is 0.0852 e. The van der Waals surface area contributed by atoms with Crippen molar-refractivity contribution in [3.8, 4) is 0 Å². The Labute approximate surface area is 161 Å². The first-order chi connectivity index (χ1) is 12.2. The second kappa shape index (κ2) is 8.63. The number of nitrogens with zero attached hydrogens (tertiary/aromatic N) is 1. The summed E-state index contributed by atoms with van der Waals surface area (Å²) < 4.78 is 0. The van der Waals surface area contributed by atoms with E-state index in [1.807, 2.05) is 24.8 Å². The van der Waals surface area contributed by atoms with Crippen LogP contribution in [0.1, 0.15) is 52.2 Å². The monoisotopic (exact) mass is 367 g/mol. The quantitative estimate of drug-likeness (QED) is 0.570. The van der Waals surface area contributed by atoms with E-state index in [9.17, 15) is 0 Å². The van der Waals surface area contributed by atoms with Gasteiger partial charge in [0.2, 0.25) is 0 Å². The molecule has 1 aliphatic heterocycles. The lowest BCUT2D eigenvalue weighted by Crippen LogP contribution is -2.27. The van der Waals surface area contributed by atoms with Crippen molar-refractivity contribution in [1.82, 2.24) is 0 Å². The molecule has 26 heavy (non-hydrogen) atoms. The summed E-state index contributed by atoms with van der Waals surface area (Å²) in [4.78, 5) is 6.37. The van der Waals surface area contributed by atoms with Gasteiger partial charge >= 0.3 is 0 Å². The Morgan fingerprint density at radius 2 is 1.88 bits per heavy atom. The van der Waals surface area contributed by atoms with Crippen LogP contribution in [0.25, 0.3) is 6.08 Å². The molecule has 2 N–H and O–H groups in total. The Morgan fingerprint density at radius 1 is 1.27 bits per heavy atom. The number of hydrogen-bond donors (Lipinski definition) is 2. The zero-order valence-corrected chi connectivity index (χ0v) is 17.2. The van der Waals surface area contributed by atoms with E-state index in [4.69, 9.17) is 15.8 Å². The minimum absolute atomic E-state index is 0.227. The van der Waals surface area contributed by atoms with Crippen molar-refractivity contribution in [3.05, 3.63) is 52.4 Å².